The van der Waals surface area contributed by atoms with Crippen molar-refractivity contribution in [3.8, 4) is 0 Å². The van der Waals surface area contributed by atoms with Gasteiger partial charge in [0.25, 0.3) is 0 Å². The molecule has 6 heteroatoms. The highest BCUT2D eigenvalue weighted by Crippen LogP contribution is 2.19. The highest BCUT2D eigenvalue weighted by atomic mass is 32.2. The fourth-order valence-electron chi connectivity index (χ4n) is 1.75. The van der Waals surface area contributed by atoms with Gasteiger partial charge in [-0.2, -0.15) is 4.31 Å². The minimum absolute atomic E-state index is 0.0931. The van der Waals surface area contributed by atoms with Gasteiger partial charge in [-0.3, -0.25) is 0 Å². The Hall–Kier alpha value is -1.24. The Bertz CT molecular complexity index is 585. The molecule has 0 aromatic heterocycles. The summed E-state index contributed by atoms with van der Waals surface area (Å²) < 4.78 is 39.5. The summed E-state index contributed by atoms with van der Waals surface area (Å²) in [5, 5.41) is 2.98. The van der Waals surface area contributed by atoms with E-state index in [2.05, 4.69) is 11.9 Å². The summed E-state index contributed by atoms with van der Waals surface area (Å²) in [6.45, 7) is 8.58. The molecule has 0 heterocycles. The number of hydrogen-bond donors (Lipinski definition) is 1. The van der Waals surface area contributed by atoms with Gasteiger partial charge in [-0.25, -0.2) is 12.8 Å². The van der Waals surface area contributed by atoms with Gasteiger partial charge in [-0.1, -0.05) is 19.1 Å². The van der Waals surface area contributed by atoms with E-state index in [4.69, 9.17) is 0 Å². The summed E-state index contributed by atoms with van der Waals surface area (Å²) in [5.74, 6) is -0.410. The molecule has 0 aliphatic heterocycles. The molecular weight excluding hydrogens is 279 g/mol. The summed E-state index contributed by atoms with van der Waals surface area (Å²) >= 11 is 0. The number of benzene rings is 1. The summed E-state index contributed by atoms with van der Waals surface area (Å²) in [5.41, 5.74) is 1.09. The molecule has 20 heavy (non-hydrogen) atoms. The number of halogens is 1. The molecule has 1 aromatic rings. The van der Waals surface area contributed by atoms with Crippen LogP contribution in [0.2, 0.25) is 0 Å². The molecule has 0 spiro atoms. The Labute approximate surface area is 120 Å². The van der Waals surface area contributed by atoms with E-state index in [1.54, 1.807) is 6.92 Å². The first-order chi connectivity index (χ1) is 9.28. The second-order valence-electron chi connectivity index (χ2n) is 4.75. The zero-order valence-corrected chi connectivity index (χ0v) is 12.9. The molecule has 0 amide bonds. The summed E-state index contributed by atoms with van der Waals surface area (Å²) in [4.78, 5) is 0.0931. The molecule has 112 valence electrons. The maximum Gasteiger partial charge on any atom is 0.243 e. The summed E-state index contributed by atoms with van der Waals surface area (Å²) in [6.07, 6.45) is 0. The van der Waals surface area contributed by atoms with Crippen LogP contribution in [-0.4, -0.2) is 32.9 Å². The molecule has 1 rings (SSSR count). The van der Waals surface area contributed by atoms with E-state index < -0.39 is 15.8 Å². The standard InChI is InChI=1S/C14H21FN2O2S/c1-5-16-9-12-8-13(6-7-14(12)15)20(18,19)17(4)10-11(2)3/h6-8,16H,2,5,9-10H2,1,3-4H3. The number of rotatable bonds is 7. The number of hydrogen-bond acceptors (Lipinski definition) is 3. The minimum Gasteiger partial charge on any atom is -0.313 e. The number of likely N-dealkylation sites (N-methyl/N-ethyl adjacent to an activating group) is 1. The van der Waals surface area contributed by atoms with Gasteiger partial charge in [0, 0.05) is 25.7 Å². The first-order valence-electron chi connectivity index (χ1n) is 6.39. The van der Waals surface area contributed by atoms with Crippen molar-refractivity contribution in [3.05, 3.63) is 41.7 Å². The Morgan fingerprint density at radius 3 is 2.65 bits per heavy atom. The number of sulfonamides is 1. The van der Waals surface area contributed by atoms with Crippen LogP contribution in [0, 0.1) is 5.82 Å². The van der Waals surface area contributed by atoms with Crippen LogP contribution in [0.3, 0.4) is 0 Å². The number of nitrogens with one attached hydrogen (secondary N) is 1. The topological polar surface area (TPSA) is 49.4 Å². The van der Waals surface area contributed by atoms with Crippen molar-refractivity contribution in [1.29, 1.82) is 0 Å². The average Bonchev–Trinajstić information content (AvgIpc) is 2.36. The van der Waals surface area contributed by atoms with E-state index in [0.29, 0.717) is 18.7 Å². The maximum atomic E-state index is 13.6. The lowest BCUT2D eigenvalue weighted by molar-refractivity contribution is 0.492. The van der Waals surface area contributed by atoms with Crippen LogP contribution in [0.5, 0.6) is 0 Å². The fraction of sp³-hybridized carbons (Fsp3) is 0.429. The quantitative estimate of drug-likeness (QED) is 0.785. The van der Waals surface area contributed by atoms with Gasteiger partial charge < -0.3 is 5.32 Å². The monoisotopic (exact) mass is 300 g/mol. The van der Waals surface area contributed by atoms with E-state index in [1.165, 1.54) is 29.6 Å². The van der Waals surface area contributed by atoms with Crippen molar-refractivity contribution in [2.24, 2.45) is 0 Å². The van der Waals surface area contributed by atoms with Crippen molar-refractivity contribution in [2.45, 2.75) is 25.3 Å². The first-order valence-corrected chi connectivity index (χ1v) is 7.83. The lowest BCUT2D eigenvalue weighted by Crippen LogP contribution is -2.28. The summed E-state index contributed by atoms with van der Waals surface area (Å²) in [6, 6.07) is 3.85. The van der Waals surface area contributed by atoms with Gasteiger partial charge in [0.1, 0.15) is 5.82 Å². The molecular formula is C14H21FN2O2S. The predicted molar refractivity (Wildman–Crippen MR) is 78.4 cm³/mol. The zero-order chi connectivity index (χ0) is 15.3. The molecule has 0 saturated heterocycles. The Morgan fingerprint density at radius 1 is 1.45 bits per heavy atom. The lowest BCUT2D eigenvalue weighted by atomic mass is 10.2. The Morgan fingerprint density at radius 2 is 2.10 bits per heavy atom. The van der Waals surface area contributed by atoms with Crippen LogP contribution in [0.15, 0.2) is 35.2 Å². The predicted octanol–water partition coefficient (Wildman–Crippen LogP) is 2.13. The van der Waals surface area contributed by atoms with E-state index in [-0.39, 0.29) is 11.4 Å². The zero-order valence-electron chi connectivity index (χ0n) is 12.1. The molecule has 0 aliphatic rings. The van der Waals surface area contributed by atoms with E-state index in [9.17, 15) is 12.8 Å². The van der Waals surface area contributed by atoms with Crippen LogP contribution in [0.4, 0.5) is 4.39 Å². The number of nitrogens with zero attached hydrogens (tertiary/aromatic N) is 1. The third-order valence-electron chi connectivity index (χ3n) is 2.78. The molecule has 0 fully saturated rings. The molecule has 1 aromatic carbocycles. The van der Waals surface area contributed by atoms with Gasteiger partial charge in [0.2, 0.25) is 10.0 Å². The lowest BCUT2D eigenvalue weighted by Gasteiger charge is -2.18. The van der Waals surface area contributed by atoms with Crippen molar-refractivity contribution in [2.75, 3.05) is 20.1 Å². The molecule has 0 bridgehead atoms. The van der Waals surface area contributed by atoms with E-state index in [1.807, 2.05) is 6.92 Å². The highest BCUT2D eigenvalue weighted by Gasteiger charge is 2.21. The smallest absolute Gasteiger partial charge is 0.243 e. The fourth-order valence-corrected chi connectivity index (χ4v) is 3.03. The molecule has 4 nitrogen and oxygen atoms in total. The molecule has 0 saturated carbocycles. The van der Waals surface area contributed by atoms with Crippen LogP contribution in [0.1, 0.15) is 19.4 Å². The van der Waals surface area contributed by atoms with Crippen molar-refractivity contribution < 1.29 is 12.8 Å². The second kappa shape index (κ2) is 6.97. The van der Waals surface area contributed by atoms with Crippen molar-refractivity contribution in [3.63, 3.8) is 0 Å². The van der Waals surface area contributed by atoms with Gasteiger partial charge in [-0.15, -0.1) is 0 Å². The molecule has 0 unspecified atom stereocenters. The van der Waals surface area contributed by atoms with Crippen LogP contribution >= 0.6 is 0 Å². The maximum absolute atomic E-state index is 13.6. The Kier molecular flexibility index (Phi) is 5.86. The second-order valence-corrected chi connectivity index (χ2v) is 6.80. The summed E-state index contributed by atoms with van der Waals surface area (Å²) in [7, 11) is -2.14. The van der Waals surface area contributed by atoms with E-state index >= 15 is 0 Å². The third-order valence-corrected chi connectivity index (χ3v) is 4.58. The normalized spacial score (nSPS) is 11.8. The van der Waals surface area contributed by atoms with Crippen LogP contribution < -0.4 is 5.32 Å². The third kappa shape index (κ3) is 4.13. The minimum atomic E-state index is -3.62. The van der Waals surface area contributed by atoms with Crippen LogP contribution in [-0.2, 0) is 16.6 Å². The van der Waals surface area contributed by atoms with E-state index in [0.717, 1.165) is 5.57 Å². The largest absolute Gasteiger partial charge is 0.313 e. The SMILES string of the molecule is C=C(C)CN(C)S(=O)(=O)c1ccc(F)c(CNCC)c1. The van der Waals surface area contributed by atoms with Gasteiger partial charge >= 0.3 is 0 Å². The van der Waals surface area contributed by atoms with Gasteiger partial charge in [-0.05, 0) is 31.7 Å². The molecule has 0 atom stereocenters. The van der Waals surface area contributed by atoms with Gasteiger partial charge in [0.15, 0.2) is 0 Å². The van der Waals surface area contributed by atoms with Gasteiger partial charge in [0.05, 0.1) is 4.90 Å². The Balaban J connectivity index is 3.09. The average molecular weight is 300 g/mol. The molecule has 0 radical (unpaired) electrons. The molecule has 1 N–H and O–H groups in total. The highest BCUT2D eigenvalue weighted by molar-refractivity contribution is 7.89. The molecule has 0 aliphatic carbocycles. The van der Waals surface area contributed by atoms with Crippen LogP contribution in [0.25, 0.3) is 0 Å². The van der Waals surface area contributed by atoms with Crippen molar-refractivity contribution >= 4 is 10.0 Å². The van der Waals surface area contributed by atoms with Crippen molar-refractivity contribution in [1.82, 2.24) is 9.62 Å². The first kappa shape index (κ1) is 16.8.